The van der Waals surface area contributed by atoms with Gasteiger partial charge in [0.25, 0.3) is 0 Å². The van der Waals surface area contributed by atoms with Gasteiger partial charge in [-0.25, -0.2) is 9.00 Å². The van der Waals surface area contributed by atoms with E-state index in [1.807, 2.05) is 0 Å². The minimum absolute atomic E-state index is 0.183. The number of carboxylic acid groups (broad SMARTS) is 1. The first-order valence-electron chi connectivity index (χ1n) is 5.93. The Balaban J connectivity index is 2.86. The van der Waals surface area contributed by atoms with Gasteiger partial charge in [-0.1, -0.05) is 12.1 Å². The van der Waals surface area contributed by atoms with E-state index in [0.29, 0.717) is 5.69 Å². The van der Waals surface area contributed by atoms with Crippen LogP contribution in [0, 0.1) is 0 Å². The summed E-state index contributed by atoms with van der Waals surface area (Å²) in [6, 6.07) is 5.81. The molecule has 0 saturated carbocycles. The van der Waals surface area contributed by atoms with Crippen LogP contribution in [0.4, 0.5) is 5.69 Å². The van der Waals surface area contributed by atoms with Crippen LogP contribution in [0.5, 0.6) is 0 Å². The van der Waals surface area contributed by atoms with Crippen LogP contribution in [-0.4, -0.2) is 39.7 Å². The Kier molecular flexibility index (Phi) is 5.26. The second-order valence-corrected chi connectivity index (χ2v) is 7.28. The maximum absolute atomic E-state index is 11.5. The fourth-order valence-electron chi connectivity index (χ4n) is 1.63. The molecule has 0 bridgehead atoms. The van der Waals surface area contributed by atoms with E-state index in [9.17, 15) is 13.8 Å². The van der Waals surface area contributed by atoms with Crippen LogP contribution in [0.15, 0.2) is 28.6 Å². The molecule has 0 aliphatic rings. The summed E-state index contributed by atoms with van der Waals surface area (Å²) in [5.74, 6) is -1.47. The van der Waals surface area contributed by atoms with Crippen LogP contribution < -0.4 is 5.32 Å². The molecule has 20 heavy (non-hydrogen) atoms. The fraction of sp³-hybridized carbons (Fsp3) is 0.385. The second kappa shape index (κ2) is 6.51. The zero-order valence-electron chi connectivity index (χ0n) is 11.6. The summed E-state index contributed by atoms with van der Waals surface area (Å²) in [5, 5.41) is 11.4. The number of carbonyl (C=O) groups is 2. The predicted molar refractivity (Wildman–Crippen MR) is 77.5 cm³/mol. The Morgan fingerprint density at radius 2 is 1.85 bits per heavy atom. The average Bonchev–Trinajstić information content (AvgIpc) is 2.28. The second-order valence-electron chi connectivity index (χ2n) is 4.73. The quantitative estimate of drug-likeness (QED) is 0.853. The zero-order chi connectivity index (χ0) is 15.3. The van der Waals surface area contributed by atoms with Gasteiger partial charge >= 0.3 is 5.97 Å². The van der Waals surface area contributed by atoms with Gasteiger partial charge in [-0.2, -0.15) is 4.36 Å². The van der Waals surface area contributed by atoms with Gasteiger partial charge in [0.05, 0.1) is 5.69 Å². The summed E-state index contributed by atoms with van der Waals surface area (Å²) in [6.45, 7) is 1.27. The number of aliphatic carboxylic acids is 1. The van der Waals surface area contributed by atoms with Crippen LogP contribution in [-0.2, 0) is 25.7 Å². The molecular formula is C13H18N2O4S. The highest BCUT2D eigenvalue weighted by Gasteiger charge is 2.18. The van der Waals surface area contributed by atoms with Crippen LogP contribution >= 0.6 is 0 Å². The smallest absolute Gasteiger partial charge is 0.326 e. The molecule has 110 valence electrons. The summed E-state index contributed by atoms with van der Waals surface area (Å²) < 4.78 is 15.6. The highest BCUT2D eigenvalue weighted by atomic mass is 32.2. The monoisotopic (exact) mass is 298 g/mol. The molecule has 1 aromatic carbocycles. The van der Waals surface area contributed by atoms with Crippen molar-refractivity contribution in [1.29, 1.82) is 0 Å². The van der Waals surface area contributed by atoms with Crippen LogP contribution in [0.3, 0.4) is 0 Å². The molecule has 2 N–H and O–H groups in total. The minimum atomic E-state index is -2.22. The lowest BCUT2D eigenvalue weighted by atomic mass is 10.1. The van der Waals surface area contributed by atoms with Gasteiger partial charge in [0.1, 0.15) is 6.04 Å². The first kappa shape index (κ1) is 16.2. The topological polar surface area (TPSA) is 95.8 Å². The maximum Gasteiger partial charge on any atom is 0.326 e. The van der Waals surface area contributed by atoms with Crippen molar-refractivity contribution in [2.24, 2.45) is 4.36 Å². The highest BCUT2D eigenvalue weighted by molar-refractivity contribution is 7.92. The van der Waals surface area contributed by atoms with Crippen molar-refractivity contribution in [2.75, 3.05) is 12.5 Å². The summed E-state index contributed by atoms with van der Waals surface area (Å²) in [7, 11) is -2.22. The Morgan fingerprint density at radius 1 is 1.30 bits per heavy atom. The molecule has 6 nitrogen and oxygen atoms in total. The molecule has 1 unspecified atom stereocenters. The third kappa shape index (κ3) is 5.83. The Morgan fingerprint density at radius 3 is 2.25 bits per heavy atom. The van der Waals surface area contributed by atoms with Crippen molar-refractivity contribution >= 4 is 27.3 Å². The lowest BCUT2D eigenvalue weighted by Gasteiger charge is -2.13. The molecule has 0 radical (unpaired) electrons. The largest absolute Gasteiger partial charge is 0.480 e. The number of carboxylic acids is 1. The molecule has 0 aliphatic heterocycles. The molecule has 0 aromatic heterocycles. The summed E-state index contributed by atoms with van der Waals surface area (Å²) in [4.78, 5) is 22.0. The van der Waals surface area contributed by atoms with E-state index in [0.717, 1.165) is 5.56 Å². The number of nitrogens with one attached hydrogen (secondary N) is 1. The van der Waals surface area contributed by atoms with Crippen LogP contribution in [0.1, 0.15) is 12.5 Å². The lowest BCUT2D eigenvalue weighted by molar-refractivity contribution is -0.141. The van der Waals surface area contributed by atoms with Gasteiger partial charge in [0.2, 0.25) is 5.91 Å². The van der Waals surface area contributed by atoms with E-state index in [4.69, 9.17) is 5.11 Å². The first-order valence-corrected chi connectivity index (χ1v) is 8.26. The number of nitrogens with zero attached hydrogens (tertiary/aromatic N) is 1. The highest BCUT2D eigenvalue weighted by Crippen LogP contribution is 2.16. The molecular weight excluding hydrogens is 280 g/mol. The van der Waals surface area contributed by atoms with Crippen molar-refractivity contribution in [3.05, 3.63) is 29.8 Å². The first-order chi connectivity index (χ1) is 9.17. The Bertz CT molecular complexity index is 608. The molecule has 1 atom stereocenters. The standard InChI is InChI=1S/C13H18N2O4S/c1-9(16)14-12(13(17)18)8-10-4-6-11(7-5-10)15-20(2,3)19/h4-7,12H,8H2,1-3H3,(H,14,16)(H,17,18). The van der Waals surface area contributed by atoms with Crippen molar-refractivity contribution in [3.63, 3.8) is 0 Å². The SMILES string of the molecule is CC(=O)NC(Cc1ccc(N=S(C)(C)=O)cc1)C(=O)O. The Hall–Kier alpha value is -1.89. The molecule has 0 saturated heterocycles. The number of hydrogen-bond acceptors (Lipinski definition) is 4. The number of amides is 1. The lowest BCUT2D eigenvalue weighted by Crippen LogP contribution is -2.41. The molecule has 1 aromatic rings. The van der Waals surface area contributed by atoms with Gasteiger partial charge in [-0.05, 0) is 17.7 Å². The molecule has 0 fully saturated rings. The van der Waals surface area contributed by atoms with E-state index in [1.165, 1.54) is 19.4 Å². The van der Waals surface area contributed by atoms with Crippen LogP contribution in [0.25, 0.3) is 0 Å². The van der Waals surface area contributed by atoms with E-state index in [2.05, 4.69) is 9.68 Å². The third-order valence-corrected chi connectivity index (χ3v) is 3.03. The van der Waals surface area contributed by atoms with Gasteiger partial charge in [-0.15, -0.1) is 0 Å². The van der Waals surface area contributed by atoms with Crippen molar-refractivity contribution in [3.8, 4) is 0 Å². The summed E-state index contributed by atoms with van der Waals surface area (Å²) in [6.07, 6.45) is 3.26. The molecule has 1 rings (SSSR count). The summed E-state index contributed by atoms with van der Waals surface area (Å²) in [5.41, 5.74) is 1.33. The van der Waals surface area contributed by atoms with Crippen LogP contribution in [0.2, 0.25) is 0 Å². The average molecular weight is 298 g/mol. The molecule has 1 amide bonds. The van der Waals surface area contributed by atoms with Crippen molar-refractivity contribution < 1.29 is 18.9 Å². The van der Waals surface area contributed by atoms with E-state index in [-0.39, 0.29) is 12.3 Å². The number of carbonyl (C=O) groups excluding carboxylic acids is 1. The maximum atomic E-state index is 11.5. The van der Waals surface area contributed by atoms with Gasteiger partial charge in [-0.3, -0.25) is 4.79 Å². The van der Waals surface area contributed by atoms with Gasteiger partial charge < -0.3 is 10.4 Å². The van der Waals surface area contributed by atoms with Crippen molar-refractivity contribution in [1.82, 2.24) is 5.32 Å². The predicted octanol–water partition coefficient (Wildman–Crippen LogP) is 1.18. The molecule has 7 heteroatoms. The minimum Gasteiger partial charge on any atom is -0.480 e. The summed E-state index contributed by atoms with van der Waals surface area (Å²) >= 11 is 0. The van der Waals surface area contributed by atoms with E-state index in [1.54, 1.807) is 24.3 Å². The third-order valence-electron chi connectivity index (χ3n) is 2.38. The van der Waals surface area contributed by atoms with Crippen molar-refractivity contribution in [2.45, 2.75) is 19.4 Å². The number of benzene rings is 1. The van der Waals surface area contributed by atoms with E-state index < -0.39 is 21.7 Å². The number of hydrogen-bond donors (Lipinski definition) is 2. The molecule has 0 heterocycles. The van der Waals surface area contributed by atoms with Gasteiger partial charge in [0, 0.05) is 35.6 Å². The fourth-order valence-corrected chi connectivity index (χ4v) is 2.26. The number of rotatable bonds is 5. The Labute approximate surface area is 118 Å². The van der Waals surface area contributed by atoms with Gasteiger partial charge in [0.15, 0.2) is 0 Å². The molecule has 0 spiro atoms. The normalized spacial score (nSPS) is 12.6. The van der Waals surface area contributed by atoms with E-state index >= 15 is 0 Å². The zero-order valence-corrected chi connectivity index (χ0v) is 12.4. The molecule has 0 aliphatic carbocycles.